The molecule has 0 aliphatic rings. The molecule has 2 N–H and O–H groups in total. The van der Waals surface area contributed by atoms with E-state index in [2.05, 4.69) is 19.6 Å². The van der Waals surface area contributed by atoms with Gasteiger partial charge in [-0.15, -0.1) is 0 Å². The van der Waals surface area contributed by atoms with Crippen molar-refractivity contribution in [2.75, 3.05) is 0 Å². The van der Waals surface area contributed by atoms with Crippen LogP contribution in [0.25, 0.3) is 0 Å². The zero-order chi connectivity index (χ0) is 12.1. The molecule has 0 aromatic carbocycles. The highest BCUT2D eigenvalue weighted by Crippen LogP contribution is 2.16. The van der Waals surface area contributed by atoms with E-state index < -0.39 is 18.1 Å². The minimum atomic E-state index is -3.31. The number of hydrogen-bond donors (Lipinski definition) is 1. The highest BCUT2D eigenvalue weighted by Gasteiger charge is 2.15. The van der Waals surface area contributed by atoms with Gasteiger partial charge in [-0.05, 0) is 13.3 Å². The number of unbranched alkanes of at least 4 members (excludes halogenated alkanes) is 2. The summed E-state index contributed by atoms with van der Waals surface area (Å²) in [5, 5.41) is 4.66. The van der Waals surface area contributed by atoms with Crippen molar-refractivity contribution in [2.24, 2.45) is 5.14 Å². The molecule has 0 radical (unpaired) electrons. The second-order valence-electron chi connectivity index (χ2n) is 5.56. The van der Waals surface area contributed by atoms with Gasteiger partial charge in [-0.3, -0.25) is 0 Å². The zero-order valence-electron chi connectivity index (χ0n) is 10.4. The van der Waals surface area contributed by atoms with Crippen molar-refractivity contribution in [2.45, 2.75) is 63.5 Å². The second kappa shape index (κ2) is 6.01. The molecule has 3 nitrogen and oxygen atoms in total. The van der Waals surface area contributed by atoms with Gasteiger partial charge in [0.05, 0.1) is 5.25 Å². The van der Waals surface area contributed by atoms with Crippen molar-refractivity contribution in [1.29, 1.82) is 0 Å². The van der Waals surface area contributed by atoms with Crippen LogP contribution in [0.2, 0.25) is 25.7 Å². The Hall–Kier alpha value is 0.127. The van der Waals surface area contributed by atoms with E-state index in [9.17, 15) is 8.42 Å². The van der Waals surface area contributed by atoms with Crippen molar-refractivity contribution >= 4 is 18.1 Å². The average Bonchev–Trinajstić information content (AvgIpc) is 1.99. The molecule has 0 fully saturated rings. The molecule has 92 valence electrons. The Kier molecular flexibility index (Phi) is 6.06. The van der Waals surface area contributed by atoms with Gasteiger partial charge in [0.1, 0.15) is 0 Å². The van der Waals surface area contributed by atoms with Crippen molar-refractivity contribution in [3.8, 4) is 0 Å². The zero-order valence-corrected chi connectivity index (χ0v) is 12.2. The molecule has 0 saturated heterocycles. The summed E-state index contributed by atoms with van der Waals surface area (Å²) >= 11 is 0. The van der Waals surface area contributed by atoms with Gasteiger partial charge >= 0.3 is 0 Å². The Morgan fingerprint density at radius 1 is 1.13 bits per heavy atom. The summed E-state index contributed by atoms with van der Waals surface area (Å²) in [7, 11) is -4.22. The van der Waals surface area contributed by atoms with Crippen LogP contribution in [0.1, 0.15) is 32.6 Å². The third-order valence-electron chi connectivity index (χ3n) is 2.60. The maximum atomic E-state index is 10.9. The largest absolute Gasteiger partial charge is 0.228 e. The minimum Gasteiger partial charge on any atom is -0.228 e. The van der Waals surface area contributed by atoms with Crippen molar-refractivity contribution in [1.82, 2.24) is 0 Å². The molecule has 0 spiro atoms. The minimum absolute atomic E-state index is 0.385. The van der Waals surface area contributed by atoms with E-state index >= 15 is 0 Å². The fourth-order valence-corrected chi connectivity index (χ4v) is 3.23. The Morgan fingerprint density at radius 2 is 1.67 bits per heavy atom. The summed E-state index contributed by atoms with van der Waals surface area (Å²) in [6.45, 7) is 8.77. The van der Waals surface area contributed by atoms with Crippen molar-refractivity contribution < 1.29 is 8.42 Å². The molecule has 0 amide bonds. The van der Waals surface area contributed by atoms with Crippen LogP contribution in [0.5, 0.6) is 0 Å². The highest BCUT2D eigenvalue weighted by atomic mass is 32.2. The van der Waals surface area contributed by atoms with Gasteiger partial charge in [0.25, 0.3) is 0 Å². The summed E-state index contributed by atoms with van der Waals surface area (Å²) in [4.78, 5) is 0. The lowest BCUT2D eigenvalue weighted by Crippen LogP contribution is -2.25. The first-order valence-corrected chi connectivity index (χ1v) is 11.0. The Balaban J connectivity index is 3.57. The van der Waals surface area contributed by atoms with E-state index in [0.29, 0.717) is 6.42 Å². The summed E-state index contributed by atoms with van der Waals surface area (Å²) in [5.74, 6) is 0. The summed E-state index contributed by atoms with van der Waals surface area (Å²) < 4.78 is 21.9. The maximum absolute atomic E-state index is 10.9. The number of rotatable bonds is 7. The average molecular weight is 251 g/mol. The van der Waals surface area contributed by atoms with E-state index in [1.807, 2.05) is 0 Å². The molecule has 15 heavy (non-hydrogen) atoms. The van der Waals surface area contributed by atoms with Gasteiger partial charge in [0.15, 0.2) is 0 Å². The molecule has 1 atom stereocenters. The van der Waals surface area contributed by atoms with E-state index in [0.717, 1.165) is 12.8 Å². The highest BCUT2D eigenvalue weighted by molar-refractivity contribution is 7.89. The van der Waals surface area contributed by atoms with Crippen LogP contribution in [0, 0.1) is 0 Å². The van der Waals surface area contributed by atoms with Gasteiger partial charge in [-0.2, -0.15) is 0 Å². The normalized spacial score (nSPS) is 15.3. The first kappa shape index (κ1) is 15.1. The lowest BCUT2D eigenvalue weighted by Gasteiger charge is -2.15. The van der Waals surface area contributed by atoms with Gasteiger partial charge < -0.3 is 0 Å². The predicted molar refractivity (Wildman–Crippen MR) is 69.2 cm³/mol. The standard InChI is InChI=1S/C10H25NO2SSi/c1-10(14(11,12)13)8-6-5-7-9-15(2,3)4/h10H,5-9H2,1-4H3,(H2,11,12,13). The fraction of sp³-hybridized carbons (Fsp3) is 1.00. The summed E-state index contributed by atoms with van der Waals surface area (Å²) in [5.41, 5.74) is 0. The molecule has 0 aromatic rings. The molecule has 0 heterocycles. The molecule has 0 aliphatic heterocycles. The number of nitrogens with two attached hydrogens (primary N) is 1. The molecule has 0 saturated carbocycles. The Labute approximate surface area is 95.5 Å². The predicted octanol–water partition coefficient (Wildman–Crippen LogP) is 2.56. The first-order valence-electron chi connectivity index (χ1n) is 5.64. The lowest BCUT2D eigenvalue weighted by atomic mass is 10.2. The van der Waals surface area contributed by atoms with Crippen LogP contribution in [0.4, 0.5) is 0 Å². The van der Waals surface area contributed by atoms with Gasteiger partial charge in [0, 0.05) is 8.07 Å². The molecular formula is C10H25NO2SSi. The van der Waals surface area contributed by atoms with Gasteiger partial charge in [0.2, 0.25) is 10.0 Å². The van der Waals surface area contributed by atoms with E-state index in [1.54, 1.807) is 6.92 Å². The number of hydrogen-bond acceptors (Lipinski definition) is 2. The van der Waals surface area contributed by atoms with Gasteiger partial charge in [-0.25, -0.2) is 13.6 Å². The van der Waals surface area contributed by atoms with E-state index in [4.69, 9.17) is 5.14 Å². The smallest absolute Gasteiger partial charge is 0.211 e. The molecule has 5 heteroatoms. The number of primary sulfonamides is 1. The summed E-state index contributed by atoms with van der Waals surface area (Å²) in [6.07, 6.45) is 4.03. The first-order chi connectivity index (χ1) is 6.63. The third-order valence-corrected chi connectivity index (χ3v) is 5.81. The fourth-order valence-electron chi connectivity index (χ4n) is 1.43. The van der Waals surface area contributed by atoms with Gasteiger partial charge in [-0.1, -0.05) is 44.9 Å². The van der Waals surface area contributed by atoms with Crippen LogP contribution in [0.3, 0.4) is 0 Å². The molecule has 0 aromatic heterocycles. The second-order valence-corrected chi connectivity index (χ2v) is 13.2. The van der Waals surface area contributed by atoms with Crippen LogP contribution in [0.15, 0.2) is 0 Å². The van der Waals surface area contributed by atoms with Crippen LogP contribution < -0.4 is 5.14 Å². The molecule has 0 rings (SSSR count). The SMILES string of the molecule is CC(CCCCC[Si](C)(C)C)S(N)(=O)=O. The van der Waals surface area contributed by atoms with E-state index in [-0.39, 0.29) is 5.25 Å². The molecule has 1 unspecified atom stereocenters. The van der Waals surface area contributed by atoms with Crippen LogP contribution in [-0.4, -0.2) is 21.7 Å². The van der Waals surface area contributed by atoms with Crippen molar-refractivity contribution in [3.63, 3.8) is 0 Å². The third kappa shape index (κ3) is 9.08. The Bertz CT molecular complexity index is 270. The maximum Gasteiger partial charge on any atom is 0.211 e. The van der Waals surface area contributed by atoms with Crippen LogP contribution >= 0.6 is 0 Å². The quantitative estimate of drug-likeness (QED) is 0.558. The molecule has 0 aliphatic carbocycles. The van der Waals surface area contributed by atoms with E-state index in [1.165, 1.54) is 12.5 Å². The lowest BCUT2D eigenvalue weighted by molar-refractivity contribution is 0.568. The molecule has 0 bridgehead atoms. The van der Waals surface area contributed by atoms with Crippen molar-refractivity contribution in [3.05, 3.63) is 0 Å². The summed E-state index contributed by atoms with van der Waals surface area (Å²) in [6, 6.07) is 1.33. The molecular weight excluding hydrogens is 226 g/mol. The van der Waals surface area contributed by atoms with Crippen LogP contribution in [-0.2, 0) is 10.0 Å². The Morgan fingerprint density at radius 3 is 2.07 bits per heavy atom. The topological polar surface area (TPSA) is 60.2 Å². The monoisotopic (exact) mass is 251 g/mol. The number of sulfonamides is 1.